The SMILES string of the molecule is CCc1ccc(C(C)NC(c2ccccc2)C2CC2)cc1. The Hall–Kier alpha value is -1.60. The molecule has 2 atom stereocenters. The molecule has 1 saturated carbocycles. The first-order valence-corrected chi connectivity index (χ1v) is 8.17. The molecule has 3 rings (SSSR count). The van der Waals surface area contributed by atoms with Gasteiger partial charge in [0, 0.05) is 12.1 Å². The Morgan fingerprint density at radius 2 is 1.62 bits per heavy atom. The lowest BCUT2D eigenvalue weighted by Crippen LogP contribution is -2.26. The van der Waals surface area contributed by atoms with E-state index >= 15 is 0 Å². The molecule has 1 nitrogen and oxygen atoms in total. The van der Waals surface area contributed by atoms with Crippen LogP contribution in [0.15, 0.2) is 54.6 Å². The fraction of sp³-hybridized carbons (Fsp3) is 0.400. The fourth-order valence-corrected chi connectivity index (χ4v) is 3.00. The minimum absolute atomic E-state index is 0.390. The maximum absolute atomic E-state index is 3.85. The summed E-state index contributed by atoms with van der Waals surface area (Å²) in [6.07, 6.45) is 3.82. The van der Waals surface area contributed by atoms with Crippen LogP contribution in [0, 0.1) is 5.92 Å². The molecule has 1 fully saturated rings. The molecule has 1 N–H and O–H groups in total. The molecular weight excluding hydrogens is 254 g/mol. The van der Waals surface area contributed by atoms with E-state index in [0.717, 1.165) is 12.3 Å². The molecule has 110 valence electrons. The van der Waals surface area contributed by atoms with Crippen LogP contribution in [0.2, 0.25) is 0 Å². The first-order chi connectivity index (χ1) is 10.3. The highest BCUT2D eigenvalue weighted by Crippen LogP contribution is 2.42. The van der Waals surface area contributed by atoms with Crippen LogP contribution in [0.25, 0.3) is 0 Å². The van der Waals surface area contributed by atoms with E-state index in [1.807, 2.05) is 0 Å². The number of hydrogen-bond donors (Lipinski definition) is 1. The van der Waals surface area contributed by atoms with Gasteiger partial charge in [0.05, 0.1) is 0 Å². The average molecular weight is 279 g/mol. The molecule has 0 spiro atoms. The zero-order valence-electron chi connectivity index (χ0n) is 13.0. The van der Waals surface area contributed by atoms with Crippen molar-refractivity contribution in [1.29, 1.82) is 0 Å². The minimum atomic E-state index is 0.390. The summed E-state index contributed by atoms with van der Waals surface area (Å²) in [6.45, 7) is 4.48. The van der Waals surface area contributed by atoms with Crippen LogP contribution in [-0.4, -0.2) is 0 Å². The molecule has 2 unspecified atom stereocenters. The zero-order valence-corrected chi connectivity index (χ0v) is 13.0. The van der Waals surface area contributed by atoms with E-state index in [4.69, 9.17) is 0 Å². The summed E-state index contributed by atoms with van der Waals surface area (Å²) < 4.78 is 0. The second kappa shape index (κ2) is 6.44. The van der Waals surface area contributed by atoms with Gasteiger partial charge in [-0.25, -0.2) is 0 Å². The van der Waals surface area contributed by atoms with Crippen LogP contribution in [0.1, 0.15) is 55.5 Å². The van der Waals surface area contributed by atoms with Gasteiger partial charge in [-0.05, 0) is 48.8 Å². The lowest BCUT2D eigenvalue weighted by molar-refractivity contribution is 0.427. The molecule has 0 heterocycles. The van der Waals surface area contributed by atoms with Crippen LogP contribution in [0.5, 0.6) is 0 Å². The van der Waals surface area contributed by atoms with E-state index in [0.29, 0.717) is 12.1 Å². The monoisotopic (exact) mass is 279 g/mol. The average Bonchev–Trinajstić information content (AvgIpc) is 3.38. The van der Waals surface area contributed by atoms with Gasteiger partial charge >= 0.3 is 0 Å². The molecule has 21 heavy (non-hydrogen) atoms. The molecular formula is C20H25N. The predicted molar refractivity (Wildman–Crippen MR) is 89.3 cm³/mol. The summed E-state index contributed by atoms with van der Waals surface area (Å²) in [7, 11) is 0. The van der Waals surface area contributed by atoms with Crippen molar-refractivity contribution in [2.75, 3.05) is 0 Å². The topological polar surface area (TPSA) is 12.0 Å². The number of rotatable bonds is 6. The smallest absolute Gasteiger partial charge is 0.0353 e. The molecule has 1 aliphatic rings. The Balaban J connectivity index is 1.73. The van der Waals surface area contributed by atoms with Gasteiger partial charge in [-0.3, -0.25) is 0 Å². The second-order valence-electron chi connectivity index (χ2n) is 6.21. The molecule has 0 saturated heterocycles. The van der Waals surface area contributed by atoms with Gasteiger partial charge in [0.2, 0.25) is 0 Å². The highest BCUT2D eigenvalue weighted by atomic mass is 15.0. The fourth-order valence-electron chi connectivity index (χ4n) is 3.00. The normalized spacial score (nSPS) is 17.4. The molecule has 1 aliphatic carbocycles. The second-order valence-corrected chi connectivity index (χ2v) is 6.21. The predicted octanol–water partition coefficient (Wildman–Crippen LogP) is 5.05. The van der Waals surface area contributed by atoms with Crippen molar-refractivity contribution in [2.45, 2.75) is 45.2 Å². The highest BCUT2D eigenvalue weighted by Gasteiger charge is 2.32. The largest absolute Gasteiger partial charge is 0.303 e. The number of hydrogen-bond acceptors (Lipinski definition) is 1. The Kier molecular flexibility index (Phi) is 4.40. The summed E-state index contributed by atoms with van der Waals surface area (Å²) in [5, 5.41) is 3.85. The van der Waals surface area contributed by atoms with Crippen molar-refractivity contribution < 1.29 is 0 Å². The van der Waals surface area contributed by atoms with Crippen LogP contribution in [0.4, 0.5) is 0 Å². The maximum Gasteiger partial charge on any atom is 0.0353 e. The molecule has 0 aromatic heterocycles. The lowest BCUT2D eigenvalue weighted by atomic mass is 9.99. The Labute approximate surface area is 128 Å². The first-order valence-electron chi connectivity index (χ1n) is 8.17. The maximum atomic E-state index is 3.85. The van der Waals surface area contributed by atoms with Gasteiger partial charge in [0.15, 0.2) is 0 Å². The van der Waals surface area contributed by atoms with Gasteiger partial charge in [0.25, 0.3) is 0 Å². The Morgan fingerprint density at radius 3 is 2.19 bits per heavy atom. The molecule has 2 aromatic rings. The number of benzene rings is 2. The van der Waals surface area contributed by atoms with E-state index in [-0.39, 0.29) is 0 Å². The Bertz CT molecular complexity index is 554. The lowest BCUT2D eigenvalue weighted by Gasteiger charge is -2.24. The van der Waals surface area contributed by atoms with Gasteiger partial charge in [-0.1, -0.05) is 61.5 Å². The van der Waals surface area contributed by atoms with E-state index < -0.39 is 0 Å². The van der Waals surface area contributed by atoms with Crippen LogP contribution in [0.3, 0.4) is 0 Å². The molecule has 0 amide bonds. The van der Waals surface area contributed by atoms with Crippen molar-refractivity contribution in [3.63, 3.8) is 0 Å². The van der Waals surface area contributed by atoms with Crippen LogP contribution >= 0.6 is 0 Å². The molecule has 0 aliphatic heterocycles. The molecule has 1 heteroatoms. The number of aryl methyl sites for hydroxylation is 1. The van der Waals surface area contributed by atoms with E-state index in [9.17, 15) is 0 Å². The van der Waals surface area contributed by atoms with E-state index in [1.165, 1.54) is 29.5 Å². The summed E-state index contributed by atoms with van der Waals surface area (Å²) in [5.41, 5.74) is 4.22. The van der Waals surface area contributed by atoms with Crippen molar-refractivity contribution in [2.24, 2.45) is 5.92 Å². The highest BCUT2D eigenvalue weighted by molar-refractivity contribution is 5.26. The van der Waals surface area contributed by atoms with E-state index in [2.05, 4.69) is 73.8 Å². The van der Waals surface area contributed by atoms with Crippen molar-refractivity contribution >= 4 is 0 Å². The summed E-state index contributed by atoms with van der Waals surface area (Å²) in [6, 6.07) is 20.8. The van der Waals surface area contributed by atoms with Gasteiger partial charge in [0.1, 0.15) is 0 Å². The van der Waals surface area contributed by atoms with Gasteiger partial charge in [-0.2, -0.15) is 0 Å². The third-order valence-corrected chi connectivity index (χ3v) is 4.57. The minimum Gasteiger partial charge on any atom is -0.303 e. The van der Waals surface area contributed by atoms with Crippen molar-refractivity contribution in [3.05, 3.63) is 71.3 Å². The van der Waals surface area contributed by atoms with Crippen LogP contribution in [-0.2, 0) is 6.42 Å². The quantitative estimate of drug-likeness (QED) is 0.780. The van der Waals surface area contributed by atoms with Gasteiger partial charge in [-0.15, -0.1) is 0 Å². The summed E-state index contributed by atoms with van der Waals surface area (Å²) >= 11 is 0. The Morgan fingerprint density at radius 1 is 0.952 bits per heavy atom. The molecule has 2 aromatic carbocycles. The first kappa shape index (κ1) is 14.3. The van der Waals surface area contributed by atoms with Gasteiger partial charge < -0.3 is 5.32 Å². The standard InChI is InChI=1S/C20H25N/c1-3-16-9-11-17(12-10-16)15(2)21-20(19-13-14-19)18-7-5-4-6-8-18/h4-12,15,19-21H,3,13-14H2,1-2H3. The summed E-state index contributed by atoms with van der Waals surface area (Å²) in [5.74, 6) is 0.810. The van der Waals surface area contributed by atoms with Crippen molar-refractivity contribution in [1.82, 2.24) is 5.32 Å². The third kappa shape index (κ3) is 3.54. The third-order valence-electron chi connectivity index (χ3n) is 4.57. The molecule has 0 bridgehead atoms. The van der Waals surface area contributed by atoms with Crippen LogP contribution < -0.4 is 5.32 Å². The zero-order chi connectivity index (χ0) is 14.7. The van der Waals surface area contributed by atoms with E-state index in [1.54, 1.807) is 0 Å². The number of nitrogens with one attached hydrogen (secondary N) is 1. The van der Waals surface area contributed by atoms with Crippen molar-refractivity contribution in [3.8, 4) is 0 Å². The summed E-state index contributed by atoms with van der Waals surface area (Å²) in [4.78, 5) is 0. The molecule has 0 radical (unpaired) electrons.